The monoisotopic (exact) mass is 247 g/mol. The summed E-state index contributed by atoms with van der Waals surface area (Å²) in [7, 11) is 1.86. The lowest BCUT2D eigenvalue weighted by Gasteiger charge is -2.31. The average Bonchev–Trinajstić information content (AvgIpc) is 2.75. The molecule has 0 saturated heterocycles. The van der Waals surface area contributed by atoms with E-state index in [0.29, 0.717) is 0 Å². The first-order valence-electron chi connectivity index (χ1n) is 5.91. The summed E-state index contributed by atoms with van der Waals surface area (Å²) in [5.74, 6) is -0.232. The molecular formula is C14H18FN3. The van der Waals surface area contributed by atoms with E-state index in [-0.39, 0.29) is 17.3 Å². The first kappa shape index (κ1) is 12.8. The normalized spacial score (nSPS) is 13.6. The van der Waals surface area contributed by atoms with Crippen molar-refractivity contribution in [2.45, 2.75) is 25.3 Å². The van der Waals surface area contributed by atoms with Gasteiger partial charge in [0.05, 0.1) is 6.20 Å². The molecule has 0 spiro atoms. The summed E-state index contributed by atoms with van der Waals surface area (Å²) in [4.78, 5) is 0. The Bertz CT molecular complexity index is 528. The Morgan fingerprint density at radius 3 is 2.39 bits per heavy atom. The highest BCUT2D eigenvalue weighted by Crippen LogP contribution is 2.34. The van der Waals surface area contributed by atoms with Gasteiger partial charge in [-0.2, -0.15) is 5.10 Å². The molecule has 0 aliphatic carbocycles. The summed E-state index contributed by atoms with van der Waals surface area (Å²) >= 11 is 0. The summed E-state index contributed by atoms with van der Waals surface area (Å²) in [6, 6.07) is 6.31. The number of halogens is 1. The maximum absolute atomic E-state index is 13.0. The Labute approximate surface area is 106 Å². The van der Waals surface area contributed by atoms with Crippen LogP contribution >= 0.6 is 0 Å². The lowest BCUT2D eigenvalue weighted by atomic mass is 9.76. The van der Waals surface area contributed by atoms with Gasteiger partial charge < -0.3 is 5.73 Å². The molecule has 0 amide bonds. The lowest BCUT2D eigenvalue weighted by Crippen LogP contribution is -2.33. The van der Waals surface area contributed by atoms with E-state index < -0.39 is 0 Å². The van der Waals surface area contributed by atoms with Crippen molar-refractivity contribution in [3.63, 3.8) is 0 Å². The van der Waals surface area contributed by atoms with Crippen molar-refractivity contribution in [2.24, 2.45) is 12.8 Å². The fourth-order valence-electron chi connectivity index (χ4n) is 2.08. The van der Waals surface area contributed by atoms with Crippen LogP contribution < -0.4 is 5.73 Å². The van der Waals surface area contributed by atoms with Crippen molar-refractivity contribution in [3.8, 4) is 0 Å². The van der Waals surface area contributed by atoms with Crippen LogP contribution in [-0.4, -0.2) is 9.78 Å². The molecule has 3 nitrogen and oxygen atoms in total. The minimum atomic E-state index is -0.281. The van der Waals surface area contributed by atoms with Crippen molar-refractivity contribution in [2.75, 3.05) is 0 Å². The summed E-state index contributed by atoms with van der Waals surface area (Å²) < 4.78 is 14.7. The molecule has 1 unspecified atom stereocenters. The maximum Gasteiger partial charge on any atom is 0.123 e. The topological polar surface area (TPSA) is 43.8 Å². The predicted octanol–water partition coefficient (Wildman–Crippen LogP) is 2.54. The molecule has 1 aromatic carbocycles. The van der Waals surface area contributed by atoms with Crippen LogP contribution in [-0.2, 0) is 12.5 Å². The first-order valence-corrected chi connectivity index (χ1v) is 5.91. The molecule has 2 rings (SSSR count). The van der Waals surface area contributed by atoms with E-state index in [1.165, 1.54) is 12.1 Å². The van der Waals surface area contributed by atoms with Crippen molar-refractivity contribution < 1.29 is 4.39 Å². The van der Waals surface area contributed by atoms with Gasteiger partial charge in [-0.15, -0.1) is 0 Å². The van der Waals surface area contributed by atoms with Gasteiger partial charge in [0.2, 0.25) is 0 Å². The van der Waals surface area contributed by atoms with Crippen LogP contribution in [0.25, 0.3) is 0 Å². The zero-order chi connectivity index (χ0) is 13.3. The Morgan fingerprint density at radius 1 is 1.28 bits per heavy atom. The number of nitrogens with zero attached hydrogens (tertiary/aromatic N) is 2. The number of hydrogen-bond acceptors (Lipinski definition) is 2. The molecule has 1 atom stereocenters. The number of aromatic nitrogens is 2. The first-order chi connectivity index (χ1) is 8.41. The predicted molar refractivity (Wildman–Crippen MR) is 69.6 cm³/mol. The van der Waals surface area contributed by atoms with E-state index in [0.717, 1.165) is 11.1 Å². The van der Waals surface area contributed by atoms with E-state index in [1.54, 1.807) is 23.0 Å². The summed E-state index contributed by atoms with van der Waals surface area (Å²) in [5.41, 5.74) is 8.02. The third-order valence-electron chi connectivity index (χ3n) is 3.45. The molecule has 18 heavy (non-hydrogen) atoms. The van der Waals surface area contributed by atoms with Gasteiger partial charge in [0.15, 0.2) is 0 Å². The van der Waals surface area contributed by atoms with Gasteiger partial charge in [-0.25, -0.2) is 4.39 Å². The smallest absolute Gasteiger partial charge is 0.123 e. The molecule has 1 heterocycles. The van der Waals surface area contributed by atoms with Gasteiger partial charge in [-0.3, -0.25) is 4.68 Å². The molecule has 0 aliphatic rings. The lowest BCUT2D eigenvalue weighted by molar-refractivity contribution is 0.420. The van der Waals surface area contributed by atoms with Crippen LogP contribution in [0.1, 0.15) is 31.0 Å². The van der Waals surface area contributed by atoms with Crippen molar-refractivity contribution in [1.82, 2.24) is 9.78 Å². The molecule has 0 fully saturated rings. The number of rotatable bonds is 3. The molecule has 0 aliphatic heterocycles. The highest BCUT2D eigenvalue weighted by Gasteiger charge is 2.30. The summed E-state index contributed by atoms with van der Waals surface area (Å²) in [5, 5.41) is 4.14. The van der Waals surface area contributed by atoms with Gasteiger partial charge in [0.1, 0.15) is 5.82 Å². The molecule has 0 bridgehead atoms. The van der Waals surface area contributed by atoms with E-state index in [1.807, 2.05) is 13.2 Å². The minimum Gasteiger partial charge on any atom is -0.323 e. The molecule has 96 valence electrons. The van der Waals surface area contributed by atoms with Crippen LogP contribution in [0.2, 0.25) is 0 Å². The molecule has 2 aromatic rings. The third-order valence-corrected chi connectivity index (χ3v) is 3.45. The van der Waals surface area contributed by atoms with Crippen LogP contribution in [0.3, 0.4) is 0 Å². The second kappa shape index (κ2) is 4.53. The van der Waals surface area contributed by atoms with E-state index in [2.05, 4.69) is 18.9 Å². The van der Waals surface area contributed by atoms with E-state index in [9.17, 15) is 4.39 Å². The summed E-state index contributed by atoms with van der Waals surface area (Å²) in [6.45, 7) is 4.11. The van der Waals surface area contributed by atoms with Crippen molar-refractivity contribution in [1.29, 1.82) is 0 Å². The molecule has 4 heteroatoms. The molecular weight excluding hydrogens is 229 g/mol. The Morgan fingerprint density at radius 2 is 1.89 bits per heavy atom. The minimum absolute atomic E-state index is 0.184. The summed E-state index contributed by atoms with van der Waals surface area (Å²) in [6.07, 6.45) is 3.69. The molecule has 1 aromatic heterocycles. The zero-order valence-corrected chi connectivity index (χ0v) is 10.9. The third kappa shape index (κ3) is 2.29. The second-order valence-corrected chi connectivity index (χ2v) is 5.15. The van der Waals surface area contributed by atoms with Crippen LogP contribution in [0.5, 0.6) is 0 Å². The van der Waals surface area contributed by atoms with E-state index in [4.69, 9.17) is 5.73 Å². The molecule has 2 N–H and O–H groups in total. The highest BCUT2D eigenvalue weighted by atomic mass is 19.1. The van der Waals surface area contributed by atoms with Gasteiger partial charge in [-0.05, 0) is 17.7 Å². The molecule has 0 radical (unpaired) electrons. The quantitative estimate of drug-likeness (QED) is 0.905. The van der Waals surface area contributed by atoms with Crippen LogP contribution in [0.15, 0.2) is 36.7 Å². The maximum atomic E-state index is 13.0. The molecule has 0 saturated carbocycles. The number of benzene rings is 1. The Hall–Kier alpha value is -1.68. The standard InChI is InChI=1S/C14H18FN3/c1-14(2,11-4-6-12(15)7-5-11)13(16)10-8-17-18(3)9-10/h4-9,13H,16H2,1-3H3. The SMILES string of the molecule is Cn1cc(C(N)C(C)(C)c2ccc(F)cc2)cn1. The largest absolute Gasteiger partial charge is 0.323 e. The van der Waals surface area contributed by atoms with Gasteiger partial charge in [-0.1, -0.05) is 26.0 Å². The number of hydrogen-bond donors (Lipinski definition) is 1. The van der Waals surface area contributed by atoms with Gasteiger partial charge in [0, 0.05) is 30.3 Å². The number of aryl methyl sites for hydroxylation is 1. The Balaban J connectivity index is 2.32. The van der Waals surface area contributed by atoms with Gasteiger partial charge >= 0.3 is 0 Å². The van der Waals surface area contributed by atoms with Gasteiger partial charge in [0.25, 0.3) is 0 Å². The zero-order valence-electron chi connectivity index (χ0n) is 10.9. The number of nitrogens with two attached hydrogens (primary N) is 1. The fraction of sp³-hybridized carbons (Fsp3) is 0.357. The fourth-order valence-corrected chi connectivity index (χ4v) is 2.08. The highest BCUT2D eigenvalue weighted by molar-refractivity contribution is 5.30. The van der Waals surface area contributed by atoms with Crippen LogP contribution in [0, 0.1) is 5.82 Å². The second-order valence-electron chi connectivity index (χ2n) is 5.15. The van der Waals surface area contributed by atoms with Crippen molar-refractivity contribution >= 4 is 0 Å². The van der Waals surface area contributed by atoms with Crippen LogP contribution in [0.4, 0.5) is 4.39 Å². The average molecular weight is 247 g/mol. The van der Waals surface area contributed by atoms with Crippen molar-refractivity contribution in [3.05, 3.63) is 53.6 Å². The van der Waals surface area contributed by atoms with E-state index >= 15 is 0 Å². The Kier molecular flexibility index (Phi) is 3.22.